The molecule has 0 spiro atoms. The van der Waals surface area contributed by atoms with Crippen molar-refractivity contribution in [3.63, 3.8) is 0 Å². The zero-order chi connectivity index (χ0) is 9.68. The number of hydrogen-bond acceptors (Lipinski definition) is 3. The SMILES string of the molecule is C/C(=N\OC(=O)Cl)c1ccccc1. The number of hydrogen-bond donors (Lipinski definition) is 0. The predicted octanol–water partition coefficient (Wildman–Crippen LogP) is 2.79. The number of rotatable bonds is 2. The molecule has 0 aliphatic heterocycles. The van der Waals surface area contributed by atoms with Crippen LogP contribution in [0.4, 0.5) is 4.79 Å². The summed E-state index contributed by atoms with van der Waals surface area (Å²) >= 11 is 4.94. The Morgan fingerprint density at radius 2 is 2.00 bits per heavy atom. The maximum Gasteiger partial charge on any atom is 0.429 e. The van der Waals surface area contributed by atoms with Gasteiger partial charge in [-0.05, 0) is 12.5 Å². The lowest BCUT2D eigenvalue weighted by molar-refractivity contribution is 0.178. The zero-order valence-electron chi connectivity index (χ0n) is 7.03. The number of halogens is 1. The second-order valence-electron chi connectivity index (χ2n) is 2.37. The fourth-order valence-corrected chi connectivity index (χ4v) is 0.871. The second kappa shape index (κ2) is 4.62. The minimum atomic E-state index is -0.935. The molecule has 0 saturated heterocycles. The van der Waals surface area contributed by atoms with E-state index in [1.54, 1.807) is 6.92 Å². The van der Waals surface area contributed by atoms with Crippen LogP contribution in [-0.4, -0.2) is 11.1 Å². The molecule has 0 bridgehead atoms. The Kier molecular flexibility index (Phi) is 3.46. The third-order valence-corrected chi connectivity index (χ3v) is 1.51. The van der Waals surface area contributed by atoms with Crippen LogP contribution in [0.15, 0.2) is 35.5 Å². The van der Waals surface area contributed by atoms with Gasteiger partial charge in [0.2, 0.25) is 0 Å². The summed E-state index contributed by atoms with van der Waals surface area (Å²) in [6.07, 6.45) is 0. The third kappa shape index (κ3) is 3.25. The molecule has 0 atom stereocenters. The highest BCUT2D eigenvalue weighted by molar-refractivity contribution is 6.61. The van der Waals surface area contributed by atoms with Gasteiger partial charge >= 0.3 is 5.43 Å². The van der Waals surface area contributed by atoms with E-state index in [4.69, 9.17) is 11.6 Å². The molecule has 0 heterocycles. The number of oxime groups is 1. The van der Waals surface area contributed by atoms with E-state index in [0.29, 0.717) is 5.71 Å². The van der Waals surface area contributed by atoms with Crippen LogP contribution in [0.5, 0.6) is 0 Å². The molecule has 4 heteroatoms. The molecular formula is C9H8ClNO2. The molecule has 0 saturated carbocycles. The molecule has 1 aromatic rings. The van der Waals surface area contributed by atoms with Crippen molar-refractivity contribution in [2.75, 3.05) is 0 Å². The first-order chi connectivity index (χ1) is 6.20. The molecule has 1 aromatic carbocycles. The van der Waals surface area contributed by atoms with Crippen LogP contribution in [-0.2, 0) is 4.84 Å². The summed E-state index contributed by atoms with van der Waals surface area (Å²) in [6.45, 7) is 1.73. The Morgan fingerprint density at radius 3 is 2.54 bits per heavy atom. The monoisotopic (exact) mass is 197 g/mol. The molecular weight excluding hydrogens is 190 g/mol. The quantitative estimate of drug-likeness (QED) is 0.317. The molecule has 0 aromatic heterocycles. The summed E-state index contributed by atoms with van der Waals surface area (Å²) in [6, 6.07) is 9.36. The Morgan fingerprint density at radius 1 is 1.38 bits per heavy atom. The van der Waals surface area contributed by atoms with Crippen LogP contribution in [0.2, 0.25) is 0 Å². The first-order valence-corrected chi connectivity index (χ1v) is 4.04. The molecule has 1 rings (SSSR count). The largest absolute Gasteiger partial charge is 0.429 e. The van der Waals surface area contributed by atoms with E-state index in [1.807, 2.05) is 30.3 Å². The highest BCUT2D eigenvalue weighted by Crippen LogP contribution is 2.01. The number of nitrogens with zero attached hydrogens (tertiary/aromatic N) is 1. The molecule has 0 radical (unpaired) electrons. The van der Waals surface area contributed by atoms with Gasteiger partial charge in [-0.2, -0.15) is 0 Å². The summed E-state index contributed by atoms with van der Waals surface area (Å²) in [4.78, 5) is 14.5. The van der Waals surface area contributed by atoms with Crippen LogP contribution in [0.25, 0.3) is 0 Å². The Bertz CT molecular complexity index is 322. The Balaban J connectivity index is 2.73. The van der Waals surface area contributed by atoms with Crippen molar-refractivity contribution >= 4 is 22.7 Å². The lowest BCUT2D eigenvalue weighted by Gasteiger charge is -1.97. The molecule has 0 unspecified atom stereocenters. The summed E-state index contributed by atoms with van der Waals surface area (Å²) < 4.78 is 0. The van der Waals surface area contributed by atoms with Gasteiger partial charge in [-0.3, -0.25) is 0 Å². The summed E-state index contributed by atoms with van der Waals surface area (Å²) in [5.74, 6) is 0. The van der Waals surface area contributed by atoms with Crippen molar-refractivity contribution in [3.05, 3.63) is 35.9 Å². The molecule has 0 aliphatic rings. The fourth-order valence-electron chi connectivity index (χ4n) is 0.836. The fraction of sp³-hybridized carbons (Fsp3) is 0.111. The number of benzene rings is 1. The number of carbonyl (C=O) groups excluding carboxylic acids is 1. The van der Waals surface area contributed by atoms with Crippen LogP contribution in [0, 0.1) is 0 Å². The van der Waals surface area contributed by atoms with Crippen molar-refractivity contribution in [1.29, 1.82) is 0 Å². The van der Waals surface area contributed by atoms with Gasteiger partial charge in [0.05, 0.1) is 5.71 Å². The zero-order valence-corrected chi connectivity index (χ0v) is 7.78. The van der Waals surface area contributed by atoms with Crippen LogP contribution < -0.4 is 0 Å². The molecule has 13 heavy (non-hydrogen) atoms. The smallest absolute Gasteiger partial charge is 0.302 e. The minimum Gasteiger partial charge on any atom is -0.302 e. The van der Waals surface area contributed by atoms with Gasteiger partial charge in [-0.1, -0.05) is 35.5 Å². The summed E-state index contributed by atoms with van der Waals surface area (Å²) in [5, 5.41) is 3.53. The summed E-state index contributed by atoms with van der Waals surface area (Å²) in [7, 11) is 0. The van der Waals surface area contributed by atoms with Gasteiger partial charge in [-0.15, -0.1) is 0 Å². The van der Waals surface area contributed by atoms with E-state index in [2.05, 4.69) is 9.99 Å². The molecule has 3 nitrogen and oxygen atoms in total. The van der Waals surface area contributed by atoms with Gasteiger partial charge in [-0.25, -0.2) is 4.79 Å². The third-order valence-electron chi connectivity index (χ3n) is 1.45. The van der Waals surface area contributed by atoms with E-state index in [0.717, 1.165) is 5.56 Å². The molecule has 68 valence electrons. The lowest BCUT2D eigenvalue weighted by atomic mass is 10.1. The number of carbonyl (C=O) groups is 1. The first kappa shape index (κ1) is 9.74. The van der Waals surface area contributed by atoms with Crippen molar-refractivity contribution in [1.82, 2.24) is 0 Å². The average Bonchev–Trinajstić information content (AvgIpc) is 2.15. The summed E-state index contributed by atoms with van der Waals surface area (Å²) in [5.41, 5.74) is 0.560. The average molecular weight is 198 g/mol. The van der Waals surface area contributed by atoms with Gasteiger partial charge in [0.15, 0.2) is 0 Å². The second-order valence-corrected chi connectivity index (χ2v) is 2.68. The molecule has 0 aliphatic carbocycles. The van der Waals surface area contributed by atoms with Crippen LogP contribution >= 0.6 is 11.6 Å². The van der Waals surface area contributed by atoms with Crippen LogP contribution in [0.3, 0.4) is 0 Å². The van der Waals surface area contributed by atoms with Crippen LogP contribution in [0.1, 0.15) is 12.5 Å². The first-order valence-electron chi connectivity index (χ1n) is 3.66. The Labute approximate surface area is 81.0 Å². The lowest BCUT2D eigenvalue weighted by Crippen LogP contribution is -1.96. The van der Waals surface area contributed by atoms with E-state index < -0.39 is 5.43 Å². The van der Waals surface area contributed by atoms with E-state index >= 15 is 0 Å². The Hall–Kier alpha value is -1.35. The van der Waals surface area contributed by atoms with Gasteiger partial charge in [0.1, 0.15) is 0 Å². The normalized spacial score (nSPS) is 11.1. The van der Waals surface area contributed by atoms with Crippen molar-refractivity contribution in [2.24, 2.45) is 5.16 Å². The van der Waals surface area contributed by atoms with Gasteiger partial charge < -0.3 is 4.84 Å². The van der Waals surface area contributed by atoms with E-state index in [-0.39, 0.29) is 0 Å². The highest BCUT2D eigenvalue weighted by atomic mass is 35.5. The van der Waals surface area contributed by atoms with Crippen molar-refractivity contribution < 1.29 is 9.63 Å². The molecule has 0 fully saturated rings. The predicted molar refractivity (Wildman–Crippen MR) is 51.0 cm³/mol. The van der Waals surface area contributed by atoms with Crippen molar-refractivity contribution in [3.8, 4) is 0 Å². The molecule has 0 N–H and O–H groups in total. The maximum atomic E-state index is 10.2. The minimum absolute atomic E-state index is 0.606. The van der Waals surface area contributed by atoms with E-state index in [1.165, 1.54) is 0 Å². The standard InChI is InChI=1S/C9H8ClNO2/c1-7(11-13-9(10)12)8-5-3-2-4-6-8/h2-6H,1H3/b11-7+. The van der Waals surface area contributed by atoms with Gasteiger partial charge in [0.25, 0.3) is 0 Å². The maximum absolute atomic E-state index is 10.2. The van der Waals surface area contributed by atoms with Gasteiger partial charge in [0, 0.05) is 11.6 Å². The van der Waals surface area contributed by atoms with E-state index in [9.17, 15) is 4.79 Å². The van der Waals surface area contributed by atoms with Crippen molar-refractivity contribution in [2.45, 2.75) is 6.92 Å². The molecule has 0 amide bonds. The highest BCUT2D eigenvalue weighted by Gasteiger charge is 1.97. The topological polar surface area (TPSA) is 38.7 Å².